The summed E-state index contributed by atoms with van der Waals surface area (Å²) >= 11 is 0. The summed E-state index contributed by atoms with van der Waals surface area (Å²) in [6.45, 7) is -6.20. The Kier molecular flexibility index (Phi) is 17.7. The third-order valence-electron chi connectivity index (χ3n) is 15.2. The van der Waals surface area contributed by atoms with Gasteiger partial charge in [0, 0.05) is 0 Å². The van der Waals surface area contributed by atoms with E-state index in [1.54, 1.807) is 0 Å². The molecule has 75 heavy (non-hydrogen) atoms. The largest absolute Gasteiger partial charge is 0.394 e. The Labute approximate surface area is 423 Å². The SMILES string of the molecule is OC[C@H]1O[C@@H]2O[C@H]3[C@H](O)[C@@H](O)[C@@H](O[C@H]4[C@@H](O)[C@H](O)[C@@H](O[C@H]5[C@@H]6O[C@@H]6[C@@H](O[C@H]6[C@@H]7O[C@@H]7[C@@H](O[C@H]7[C@H](O)[C@@H](O)[C@@H](O[C@H]8[C@H](O)[C@@H](O)[C@@H](O[C@H]1[C@H](O)[C@H]2O)O[C@@H]8CO)O[C@@H]7CO)O[C@@H]6CO)O[C@@H]5CO)O[C@@H]4CO)O[C@@H]3CO. The van der Waals surface area contributed by atoms with Crippen LogP contribution in [0, 0.1) is 0 Å². The number of rotatable bonds is 7. The Morgan fingerprint density at radius 3 is 0.560 bits per heavy atom. The Morgan fingerprint density at radius 1 is 0.160 bits per heavy atom. The van der Waals surface area contributed by atoms with E-state index in [-0.39, 0.29) is 0 Å². The molecule has 0 aromatic rings. The fourth-order valence-corrected chi connectivity index (χ4v) is 10.9. The number of epoxide rings is 2. The highest BCUT2D eigenvalue weighted by atomic mass is 16.8. The summed E-state index contributed by atoms with van der Waals surface area (Å²) in [5.41, 5.74) is 0. The van der Waals surface area contributed by atoms with E-state index in [0.717, 1.165) is 0 Å². The van der Waals surface area contributed by atoms with Crippen molar-refractivity contribution < 1.29 is 163 Å². The molecule has 0 amide bonds. The molecule has 432 valence electrons. The van der Waals surface area contributed by atoms with Crippen molar-refractivity contribution in [2.75, 3.05) is 46.2 Å². The first-order valence-corrected chi connectivity index (χ1v) is 24.5. The van der Waals surface area contributed by atoms with E-state index in [1.807, 2.05) is 0 Å². The van der Waals surface area contributed by atoms with Crippen molar-refractivity contribution in [2.24, 2.45) is 0 Å². The van der Waals surface area contributed by atoms with Gasteiger partial charge in [-0.1, -0.05) is 0 Å². The normalized spacial score (nSPS) is 57.3. The van der Waals surface area contributed by atoms with Gasteiger partial charge in [0.1, 0.15) is 171 Å². The highest BCUT2D eigenvalue weighted by Gasteiger charge is 2.66. The minimum Gasteiger partial charge on any atom is -0.394 e. The summed E-state index contributed by atoms with van der Waals surface area (Å²) in [5.74, 6) is 0. The van der Waals surface area contributed by atoms with Gasteiger partial charge in [0.25, 0.3) is 0 Å². The molecule has 0 spiro atoms. The van der Waals surface area contributed by atoms with Gasteiger partial charge >= 0.3 is 0 Å². The molecule has 0 unspecified atom stereocenters. The van der Waals surface area contributed by atoms with Gasteiger partial charge in [0.05, 0.1) is 46.2 Å². The zero-order valence-electron chi connectivity index (χ0n) is 39.3. The molecular weight excluding hydrogens is 1030 g/mol. The Balaban J connectivity index is 0.908. The van der Waals surface area contributed by atoms with Crippen molar-refractivity contribution in [3.63, 3.8) is 0 Å². The van der Waals surface area contributed by atoms with Gasteiger partial charge in [0.15, 0.2) is 44.0 Å². The van der Waals surface area contributed by atoms with E-state index in [9.17, 15) is 86.8 Å². The third kappa shape index (κ3) is 10.6. The molecule has 21 rings (SSSR count). The van der Waals surface area contributed by atoms with Crippen LogP contribution in [0.4, 0.5) is 0 Å². The highest BCUT2D eigenvalue weighted by Crippen LogP contribution is 2.46. The number of fused-ring (bicyclic) bond motifs is 2. The summed E-state index contributed by atoms with van der Waals surface area (Å²) in [4.78, 5) is 0. The van der Waals surface area contributed by atoms with E-state index >= 15 is 0 Å². The highest BCUT2D eigenvalue weighted by molar-refractivity contribution is 5.07. The van der Waals surface area contributed by atoms with Crippen molar-refractivity contribution in [1.29, 1.82) is 0 Å². The molecule has 14 bridgehead atoms. The molecule has 17 N–H and O–H groups in total. The van der Waals surface area contributed by atoms with Gasteiger partial charge in [0.2, 0.25) is 0 Å². The van der Waals surface area contributed by atoms with Crippen LogP contribution in [-0.4, -0.2) is 348 Å². The Hall–Kier alpha value is -1.32. The summed E-state index contributed by atoms with van der Waals surface area (Å²) in [7, 11) is 0. The fraction of sp³-hybridized carbons (Fsp3) is 1.00. The standard InChI is InChI=1S/C42H66O33/c43-1-8-25-15(50)20(55)36(60-8)70-26-9(2-44)62-38(22(57)16(26)51)72-28-11(4-46)64-40(24(59)18(28)53)74-30-13(6-48)66-42(35-32(30)67-35)75-31-14(7-49)65-41(34-33(31)68-34)73-29-12(5-47)63-39(23(58)19(29)54)71-27-10(3-45)61-37(69-25)21(56)17(27)52/h8-59H,1-7H2/t8-,9-,10-,11-,12-,13-,14-,15-,16-,17-,18+,19-,20-,21-,22-,23-,24+,25-,26-,27-,28-,29-,30-,31-,32+,33+,34+,35+,36-,37-,38-,39-,40-,41-,42-/m1/s1. The molecule has 33 nitrogen and oxygen atoms in total. The van der Waals surface area contributed by atoms with Gasteiger partial charge in [-0.15, -0.1) is 0 Å². The molecule has 21 aliphatic rings. The van der Waals surface area contributed by atoms with Crippen molar-refractivity contribution in [2.45, 2.75) is 215 Å². The number of hydrogen-bond acceptors (Lipinski definition) is 33. The molecule has 35 atom stereocenters. The van der Waals surface area contributed by atoms with Crippen LogP contribution in [0.5, 0.6) is 0 Å². The topological polar surface area (TPSA) is 498 Å². The van der Waals surface area contributed by atoms with Gasteiger partial charge < -0.3 is 163 Å². The average Bonchev–Trinajstić information content (AvgIpc) is 4.37. The Bertz CT molecular complexity index is 1860. The summed E-state index contributed by atoms with van der Waals surface area (Å²) in [6, 6.07) is 0. The molecule has 0 saturated carbocycles. The number of hydrogen-bond donors (Lipinski definition) is 17. The van der Waals surface area contributed by atoms with Gasteiger partial charge in [-0.05, 0) is 0 Å². The van der Waals surface area contributed by atoms with Crippen LogP contribution in [0.2, 0.25) is 0 Å². The van der Waals surface area contributed by atoms with Crippen LogP contribution >= 0.6 is 0 Å². The lowest BCUT2D eigenvalue weighted by Gasteiger charge is -2.49. The van der Waals surface area contributed by atoms with Crippen LogP contribution in [0.25, 0.3) is 0 Å². The Morgan fingerprint density at radius 2 is 0.333 bits per heavy atom. The predicted molar refractivity (Wildman–Crippen MR) is 222 cm³/mol. The molecule has 0 aromatic heterocycles. The molecule has 0 aliphatic carbocycles. The van der Waals surface area contributed by atoms with E-state index < -0.39 is 261 Å². The van der Waals surface area contributed by atoms with Crippen LogP contribution in [-0.2, 0) is 75.8 Å². The summed E-state index contributed by atoms with van der Waals surface area (Å²) in [6.07, 6.45) is -58.2. The van der Waals surface area contributed by atoms with Crippen LogP contribution in [0.15, 0.2) is 0 Å². The monoisotopic (exact) mass is 1100 g/mol. The van der Waals surface area contributed by atoms with Crippen molar-refractivity contribution in [3.05, 3.63) is 0 Å². The van der Waals surface area contributed by atoms with Crippen molar-refractivity contribution in [3.8, 4) is 0 Å². The lowest BCUT2D eigenvalue weighted by molar-refractivity contribution is -0.395. The molecule has 21 saturated heterocycles. The quantitative estimate of drug-likeness (QED) is 0.105. The van der Waals surface area contributed by atoms with Gasteiger partial charge in [-0.2, -0.15) is 0 Å². The van der Waals surface area contributed by atoms with Crippen LogP contribution in [0.1, 0.15) is 0 Å². The van der Waals surface area contributed by atoms with E-state index in [2.05, 4.69) is 0 Å². The van der Waals surface area contributed by atoms with Crippen molar-refractivity contribution >= 4 is 0 Å². The molecule has 21 fully saturated rings. The first-order chi connectivity index (χ1) is 36.0. The molecule has 21 aliphatic heterocycles. The third-order valence-corrected chi connectivity index (χ3v) is 15.2. The first-order valence-electron chi connectivity index (χ1n) is 24.5. The molecule has 21 heterocycles. The maximum absolute atomic E-state index is 11.4. The summed E-state index contributed by atoms with van der Waals surface area (Å²) in [5, 5.41) is 186. The number of ether oxygens (including phenoxy) is 16. The molecule has 0 radical (unpaired) electrons. The molecular formula is C42H66O33. The zero-order valence-corrected chi connectivity index (χ0v) is 39.3. The second-order valence-corrected chi connectivity index (χ2v) is 19.8. The van der Waals surface area contributed by atoms with Crippen LogP contribution in [0.3, 0.4) is 0 Å². The van der Waals surface area contributed by atoms with E-state index in [4.69, 9.17) is 75.8 Å². The lowest BCUT2D eigenvalue weighted by atomic mass is 9.95. The predicted octanol–water partition coefficient (Wildman–Crippen LogP) is -13.1. The molecule has 33 heteroatoms. The number of aliphatic hydroxyl groups excluding tert-OH is 17. The average molecular weight is 1100 g/mol. The molecule has 0 aromatic carbocycles. The fourth-order valence-electron chi connectivity index (χ4n) is 10.9. The lowest BCUT2D eigenvalue weighted by Crippen LogP contribution is -2.68. The van der Waals surface area contributed by atoms with Crippen LogP contribution < -0.4 is 0 Å². The maximum Gasteiger partial charge on any atom is 0.187 e. The second-order valence-electron chi connectivity index (χ2n) is 19.8. The van der Waals surface area contributed by atoms with E-state index in [0.29, 0.717) is 0 Å². The van der Waals surface area contributed by atoms with Crippen molar-refractivity contribution in [1.82, 2.24) is 0 Å². The summed E-state index contributed by atoms with van der Waals surface area (Å²) < 4.78 is 93.6. The second kappa shape index (κ2) is 23.3. The van der Waals surface area contributed by atoms with Gasteiger partial charge in [-0.25, -0.2) is 0 Å². The number of aliphatic hydroxyl groups is 17. The maximum atomic E-state index is 11.4. The van der Waals surface area contributed by atoms with E-state index in [1.165, 1.54) is 0 Å². The van der Waals surface area contributed by atoms with Gasteiger partial charge in [-0.3, -0.25) is 0 Å². The minimum atomic E-state index is -2.16. The first kappa shape index (κ1) is 56.9. The zero-order chi connectivity index (χ0) is 53.5. The minimum absolute atomic E-state index is 0.700. The smallest absolute Gasteiger partial charge is 0.187 e.